The number of piperidine rings is 1. The second-order valence-corrected chi connectivity index (χ2v) is 8.93. The minimum atomic E-state index is -0.967. The fraction of sp³-hybridized carbons (Fsp3) is 0.524. The van der Waals surface area contributed by atoms with Gasteiger partial charge >= 0.3 is 0 Å². The number of imide groups is 2. The Kier molecular flexibility index (Phi) is 9.67. The first kappa shape index (κ1) is 24.8. The van der Waals surface area contributed by atoms with Crippen molar-refractivity contribution < 1.29 is 33.4 Å². The van der Waals surface area contributed by atoms with Crippen LogP contribution >= 0.6 is 27.7 Å². The molecule has 1 unspecified atom stereocenters. The third-order valence-electron chi connectivity index (χ3n) is 4.88. The predicted molar refractivity (Wildman–Crippen MR) is 120 cm³/mol. The number of nitrogens with one attached hydrogen (secondary N) is 1. The van der Waals surface area contributed by atoms with Gasteiger partial charge in [-0.25, -0.2) is 0 Å². The minimum Gasteiger partial charge on any atom is -0.378 e. The minimum absolute atomic E-state index is 0.0936. The van der Waals surface area contributed by atoms with Crippen LogP contribution in [0, 0.1) is 0 Å². The molecule has 1 aromatic carbocycles. The monoisotopic (exact) mass is 528 g/mol. The zero-order valence-electron chi connectivity index (χ0n) is 17.5. The molecule has 1 fully saturated rings. The highest BCUT2D eigenvalue weighted by atomic mass is 79.9. The normalized spacial score (nSPS) is 18.3. The van der Waals surface area contributed by atoms with Gasteiger partial charge in [-0.2, -0.15) is 0 Å². The van der Waals surface area contributed by atoms with Crippen molar-refractivity contribution >= 4 is 51.3 Å². The molecule has 2 aliphatic rings. The maximum Gasteiger partial charge on any atom is 0.263 e. The third-order valence-corrected chi connectivity index (χ3v) is 6.23. The van der Waals surface area contributed by atoms with Gasteiger partial charge in [-0.1, -0.05) is 22.0 Å². The van der Waals surface area contributed by atoms with Crippen molar-refractivity contribution in [2.75, 3.05) is 50.7 Å². The zero-order chi connectivity index (χ0) is 22.9. The number of ether oxygens (including phenoxy) is 3. The Morgan fingerprint density at radius 3 is 2.34 bits per heavy atom. The fourth-order valence-electron chi connectivity index (χ4n) is 3.41. The molecule has 0 spiro atoms. The van der Waals surface area contributed by atoms with Crippen molar-refractivity contribution in [2.45, 2.75) is 23.8 Å². The average molecular weight is 529 g/mol. The van der Waals surface area contributed by atoms with E-state index in [0.717, 1.165) is 10.2 Å². The second-order valence-electron chi connectivity index (χ2n) is 7.00. The van der Waals surface area contributed by atoms with E-state index in [-0.39, 0.29) is 18.4 Å². The molecule has 3 rings (SSSR count). The summed E-state index contributed by atoms with van der Waals surface area (Å²) in [6.45, 7) is 3.09. The summed E-state index contributed by atoms with van der Waals surface area (Å²) >= 11 is 4.69. The Hall–Kier alpha value is -1.79. The number of hydrogen-bond acceptors (Lipinski definition) is 8. The van der Waals surface area contributed by atoms with E-state index in [2.05, 4.69) is 21.2 Å². The van der Waals surface area contributed by atoms with E-state index in [1.54, 1.807) is 18.2 Å². The van der Waals surface area contributed by atoms with E-state index in [1.165, 1.54) is 11.8 Å². The number of rotatable bonds is 13. The van der Waals surface area contributed by atoms with Crippen LogP contribution in [-0.4, -0.2) is 85.3 Å². The molecule has 0 saturated carbocycles. The topological polar surface area (TPSA) is 111 Å². The SMILES string of the molecule is O=C1CCC(N2C(=O)c3cccc(SCCOCCOCCOCCBr)c3C2=O)C(=O)N1. The first-order valence-electron chi connectivity index (χ1n) is 10.3. The van der Waals surface area contributed by atoms with Crippen LogP contribution in [0.1, 0.15) is 33.6 Å². The maximum atomic E-state index is 13.0. The Labute approximate surface area is 198 Å². The largest absolute Gasteiger partial charge is 0.378 e. The van der Waals surface area contributed by atoms with E-state index in [4.69, 9.17) is 14.2 Å². The summed E-state index contributed by atoms with van der Waals surface area (Å²) < 4.78 is 16.2. The number of carbonyl (C=O) groups excluding carboxylic acids is 4. The number of amides is 4. The molecular formula is C21H25BrN2O7S. The summed E-state index contributed by atoms with van der Waals surface area (Å²) in [5.41, 5.74) is 0.583. The van der Waals surface area contributed by atoms with Crippen LogP contribution < -0.4 is 5.32 Å². The maximum absolute atomic E-state index is 13.0. The van der Waals surface area contributed by atoms with Gasteiger partial charge in [0.15, 0.2) is 0 Å². The summed E-state index contributed by atoms with van der Waals surface area (Å²) in [6.07, 6.45) is 0.230. The molecule has 4 amide bonds. The number of alkyl halides is 1. The van der Waals surface area contributed by atoms with Crippen molar-refractivity contribution in [1.82, 2.24) is 10.2 Å². The van der Waals surface area contributed by atoms with Gasteiger partial charge in [0, 0.05) is 22.4 Å². The van der Waals surface area contributed by atoms with Crippen LogP contribution in [-0.2, 0) is 23.8 Å². The van der Waals surface area contributed by atoms with Gasteiger partial charge in [0.05, 0.1) is 50.8 Å². The van der Waals surface area contributed by atoms with Gasteiger partial charge in [-0.15, -0.1) is 11.8 Å². The molecule has 32 heavy (non-hydrogen) atoms. The van der Waals surface area contributed by atoms with Gasteiger partial charge < -0.3 is 14.2 Å². The van der Waals surface area contributed by atoms with Crippen LogP contribution in [0.4, 0.5) is 0 Å². The summed E-state index contributed by atoms with van der Waals surface area (Å²) in [6, 6.07) is 4.11. The van der Waals surface area contributed by atoms with E-state index < -0.39 is 29.7 Å². The van der Waals surface area contributed by atoms with Crippen molar-refractivity contribution in [2.24, 2.45) is 0 Å². The number of hydrogen-bond donors (Lipinski definition) is 1. The molecule has 9 nitrogen and oxygen atoms in total. The van der Waals surface area contributed by atoms with E-state index >= 15 is 0 Å². The summed E-state index contributed by atoms with van der Waals surface area (Å²) in [5, 5.41) is 3.00. The molecule has 1 aromatic rings. The lowest BCUT2D eigenvalue weighted by Gasteiger charge is -2.27. The van der Waals surface area contributed by atoms with E-state index in [1.807, 2.05) is 0 Å². The summed E-state index contributed by atoms with van der Waals surface area (Å²) in [7, 11) is 0. The van der Waals surface area contributed by atoms with Crippen LogP contribution in [0.15, 0.2) is 23.1 Å². The highest BCUT2D eigenvalue weighted by Crippen LogP contribution is 2.34. The van der Waals surface area contributed by atoms with Crippen molar-refractivity contribution in [3.05, 3.63) is 29.3 Å². The van der Waals surface area contributed by atoms with Gasteiger partial charge in [0.25, 0.3) is 11.8 Å². The summed E-state index contributed by atoms with van der Waals surface area (Å²) in [4.78, 5) is 51.1. The Morgan fingerprint density at radius 1 is 0.969 bits per heavy atom. The van der Waals surface area contributed by atoms with Gasteiger partial charge in [-0.3, -0.25) is 29.4 Å². The molecule has 1 saturated heterocycles. The summed E-state index contributed by atoms with van der Waals surface area (Å²) in [5.74, 6) is -1.43. The Balaban J connectivity index is 1.47. The highest BCUT2D eigenvalue weighted by Gasteiger charge is 2.45. The number of nitrogens with zero attached hydrogens (tertiary/aromatic N) is 1. The molecule has 0 radical (unpaired) electrons. The molecule has 174 valence electrons. The predicted octanol–water partition coefficient (Wildman–Crippen LogP) is 1.62. The zero-order valence-corrected chi connectivity index (χ0v) is 19.9. The number of carbonyl (C=O) groups is 4. The number of fused-ring (bicyclic) bond motifs is 1. The van der Waals surface area contributed by atoms with Crippen molar-refractivity contribution in [1.29, 1.82) is 0 Å². The first-order chi connectivity index (χ1) is 15.5. The lowest BCUT2D eigenvalue weighted by molar-refractivity contribution is -0.136. The Morgan fingerprint density at radius 2 is 1.66 bits per heavy atom. The standard InChI is InChI=1S/C21H25BrN2O7S/c22-6-7-29-8-9-30-10-11-31-12-13-32-16-3-1-2-14-18(16)21(28)24(20(14)27)15-4-5-17(25)23-19(15)26/h1-3,15H,4-13H2,(H,23,25,26). The van der Waals surface area contributed by atoms with E-state index in [9.17, 15) is 19.2 Å². The van der Waals surface area contributed by atoms with E-state index in [0.29, 0.717) is 55.9 Å². The van der Waals surface area contributed by atoms with Gasteiger partial charge in [0.1, 0.15) is 6.04 Å². The molecule has 1 atom stereocenters. The van der Waals surface area contributed by atoms with Crippen LogP contribution in [0.25, 0.3) is 0 Å². The Bertz CT molecular complexity index is 867. The quantitative estimate of drug-likeness (QED) is 0.178. The first-order valence-corrected chi connectivity index (χ1v) is 12.4. The fourth-order valence-corrected chi connectivity index (χ4v) is 4.58. The molecule has 2 heterocycles. The molecule has 2 aliphatic heterocycles. The number of thioether (sulfide) groups is 1. The van der Waals surface area contributed by atoms with Crippen LogP contribution in [0.5, 0.6) is 0 Å². The molecular weight excluding hydrogens is 504 g/mol. The van der Waals surface area contributed by atoms with Gasteiger partial charge in [0.2, 0.25) is 11.8 Å². The molecule has 0 aromatic heterocycles. The smallest absolute Gasteiger partial charge is 0.263 e. The molecule has 11 heteroatoms. The highest BCUT2D eigenvalue weighted by molar-refractivity contribution is 9.09. The van der Waals surface area contributed by atoms with Crippen molar-refractivity contribution in [3.8, 4) is 0 Å². The third kappa shape index (κ3) is 6.16. The lowest BCUT2D eigenvalue weighted by Crippen LogP contribution is -2.54. The molecule has 0 bridgehead atoms. The second kappa shape index (κ2) is 12.4. The van der Waals surface area contributed by atoms with Crippen LogP contribution in [0.3, 0.4) is 0 Å². The average Bonchev–Trinajstić information content (AvgIpc) is 3.03. The number of benzene rings is 1. The molecule has 0 aliphatic carbocycles. The van der Waals surface area contributed by atoms with Crippen molar-refractivity contribution in [3.63, 3.8) is 0 Å². The number of halogens is 1. The molecule has 1 N–H and O–H groups in total. The van der Waals surface area contributed by atoms with Crippen LogP contribution in [0.2, 0.25) is 0 Å². The van der Waals surface area contributed by atoms with Gasteiger partial charge in [-0.05, 0) is 18.6 Å². The lowest BCUT2D eigenvalue weighted by atomic mass is 10.0.